The predicted octanol–water partition coefficient (Wildman–Crippen LogP) is 7.57. The molecule has 0 aliphatic carbocycles. The zero-order chi connectivity index (χ0) is 20.9. The van der Waals surface area contributed by atoms with Crippen molar-refractivity contribution in [3.8, 4) is 0 Å². The average molecular weight is 488 g/mol. The molecule has 0 aromatic rings. The van der Waals surface area contributed by atoms with Crippen LogP contribution < -0.4 is 0 Å². The SMILES string of the molecule is C/C=C/[C@H](OC(=O)N(C(C)C)C(C)C)[Sn]([CH2]CCC)([CH2]CCC)[CH2]CCC. The van der Waals surface area contributed by atoms with E-state index in [-0.39, 0.29) is 22.3 Å². The van der Waals surface area contributed by atoms with E-state index in [1.54, 1.807) is 0 Å². The number of ether oxygens (including phenoxy) is 1. The standard InChI is InChI=1S/C11H20NO2.3C4H9.Sn/c1-6-7-8-14-11(13)12(9(2)3)10(4)5;3*1-3-4-2;/h6-10H,1-5H3;3*1,3-4H2,2H3;/b7-6+;;;;. The van der Waals surface area contributed by atoms with Crippen LogP contribution in [-0.2, 0) is 4.74 Å². The second-order valence-corrected chi connectivity index (χ2v) is 22.3. The van der Waals surface area contributed by atoms with E-state index in [1.807, 2.05) is 4.90 Å². The molecule has 160 valence electrons. The normalized spacial score (nSPS) is 13.6. The number of unbranched alkanes of at least 4 members (excludes halogenated alkanes) is 3. The Kier molecular flexibility index (Phi) is 14.7. The van der Waals surface area contributed by atoms with Crippen LogP contribution in [0, 0.1) is 0 Å². The topological polar surface area (TPSA) is 29.5 Å². The van der Waals surface area contributed by atoms with Crippen molar-refractivity contribution in [2.75, 3.05) is 0 Å². The molecule has 0 spiro atoms. The van der Waals surface area contributed by atoms with Crippen LogP contribution in [0.2, 0.25) is 13.3 Å². The molecule has 0 N–H and O–H groups in total. The Labute approximate surface area is 174 Å². The van der Waals surface area contributed by atoms with Crippen LogP contribution in [-0.4, -0.2) is 45.6 Å². The molecule has 1 atom stereocenters. The van der Waals surface area contributed by atoms with Gasteiger partial charge in [-0.05, 0) is 0 Å². The van der Waals surface area contributed by atoms with Crippen LogP contribution >= 0.6 is 0 Å². The van der Waals surface area contributed by atoms with Crippen molar-refractivity contribution in [3.05, 3.63) is 12.2 Å². The summed E-state index contributed by atoms with van der Waals surface area (Å²) in [6.07, 6.45) is 11.8. The minimum atomic E-state index is -2.67. The first-order chi connectivity index (χ1) is 12.8. The average Bonchev–Trinajstić information content (AvgIpc) is 2.60. The van der Waals surface area contributed by atoms with Gasteiger partial charge < -0.3 is 0 Å². The fourth-order valence-corrected chi connectivity index (χ4v) is 20.5. The zero-order valence-electron chi connectivity index (χ0n) is 19.5. The van der Waals surface area contributed by atoms with E-state index in [9.17, 15) is 4.79 Å². The third-order valence-electron chi connectivity index (χ3n) is 5.61. The van der Waals surface area contributed by atoms with E-state index >= 15 is 0 Å². The van der Waals surface area contributed by atoms with Gasteiger partial charge in [0.1, 0.15) is 0 Å². The molecule has 3 nitrogen and oxygen atoms in total. The van der Waals surface area contributed by atoms with E-state index in [0.717, 1.165) is 0 Å². The fourth-order valence-electron chi connectivity index (χ4n) is 4.12. The summed E-state index contributed by atoms with van der Waals surface area (Å²) < 4.78 is 10.4. The summed E-state index contributed by atoms with van der Waals surface area (Å²) in [6, 6.07) is 0.325. The van der Waals surface area contributed by atoms with Crippen LogP contribution in [0.3, 0.4) is 0 Å². The van der Waals surface area contributed by atoms with Crippen molar-refractivity contribution >= 4 is 24.5 Å². The molecule has 1 amide bonds. The molecule has 4 heteroatoms. The quantitative estimate of drug-likeness (QED) is 0.186. The third kappa shape index (κ3) is 9.23. The first-order valence-electron chi connectivity index (χ1n) is 11.4. The Morgan fingerprint density at radius 1 is 0.889 bits per heavy atom. The van der Waals surface area contributed by atoms with Crippen LogP contribution in [0.25, 0.3) is 0 Å². The second kappa shape index (κ2) is 14.8. The molecule has 0 unspecified atom stereocenters. The van der Waals surface area contributed by atoms with Gasteiger partial charge in [-0.15, -0.1) is 0 Å². The Morgan fingerprint density at radius 3 is 1.59 bits per heavy atom. The summed E-state index contributed by atoms with van der Waals surface area (Å²) in [5.41, 5.74) is 0. The Balaban J connectivity index is 5.77. The number of carbonyl (C=O) groups excluding carboxylic acids is 1. The van der Waals surface area contributed by atoms with Crippen molar-refractivity contribution in [3.63, 3.8) is 0 Å². The van der Waals surface area contributed by atoms with Crippen LogP contribution in [0.4, 0.5) is 4.79 Å². The molecule has 0 saturated carbocycles. The molecule has 0 heterocycles. The van der Waals surface area contributed by atoms with Gasteiger partial charge in [-0.3, -0.25) is 0 Å². The molecule has 0 aliphatic heterocycles. The van der Waals surface area contributed by atoms with E-state index in [4.69, 9.17) is 4.74 Å². The molecule has 0 aliphatic rings. The monoisotopic (exact) mass is 489 g/mol. The summed E-state index contributed by atoms with van der Waals surface area (Å²) in [5.74, 6) is 0. The first-order valence-corrected chi connectivity index (χ1v) is 19.1. The number of nitrogens with zero attached hydrogens (tertiary/aromatic N) is 1. The number of hydrogen-bond acceptors (Lipinski definition) is 2. The summed E-state index contributed by atoms with van der Waals surface area (Å²) in [7, 11) is 0. The molecule has 0 rings (SSSR count). The molecular weight excluding hydrogens is 441 g/mol. The van der Waals surface area contributed by atoms with Crippen molar-refractivity contribution in [1.29, 1.82) is 0 Å². The van der Waals surface area contributed by atoms with Gasteiger partial charge in [0.2, 0.25) is 0 Å². The van der Waals surface area contributed by atoms with Crippen molar-refractivity contribution < 1.29 is 9.53 Å². The van der Waals surface area contributed by atoms with Crippen LogP contribution in [0.5, 0.6) is 0 Å². The molecule has 0 aromatic carbocycles. The summed E-state index contributed by atoms with van der Waals surface area (Å²) >= 11 is -2.67. The summed E-state index contributed by atoms with van der Waals surface area (Å²) in [4.78, 5) is 15.0. The summed E-state index contributed by atoms with van der Waals surface area (Å²) in [6.45, 7) is 17.2. The maximum absolute atomic E-state index is 13.1. The van der Waals surface area contributed by atoms with Gasteiger partial charge in [-0.1, -0.05) is 0 Å². The zero-order valence-corrected chi connectivity index (χ0v) is 22.4. The van der Waals surface area contributed by atoms with Gasteiger partial charge in [0, 0.05) is 0 Å². The van der Waals surface area contributed by atoms with Crippen LogP contribution in [0.15, 0.2) is 12.2 Å². The maximum atomic E-state index is 13.1. The van der Waals surface area contributed by atoms with Crippen molar-refractivity contribution in [1.82, 2.24) is 4.90 Å². The number of rotatable bonds is 14. The van der Waals surface area contributed by atoms with Gasteiger partial charge in [-0.25, -0.2) is 0 Å². The van der Waals surface area contributed by atoms with E-state index < -0.39 is 18.4 Å². The van der Waals surface area contributed by atoms with Crippen LogP contribution in [0.1, 0.15) is 93.9 Å². The molecular formula is C23H47NO2Sn. The van der Waals surface area contributed by atoms with Crippen molar-refractivity contribution in [2.24, 2.45) is 0 Å². The second-order valence-electron chi connectivity index (χ2n) is 8.60. The van der Waals surface area contributed by atoms with E-state index in [0.29, 0.717) is 0 Å². The van der Waals surface area contributed by atoms with E-state index in [1.165, 1.54) is 51.8 Å². The number of allylic oxidation sites excluding steroid dienone is 1. The first kappa shape index (κ1) is 26.8. The Hall–Kier alpha value is -0.191. The molecule has 0 saturated heterocycles. The minimum absolute atomic E-state index is 0.0708. The Bertz CT molecular complexity index is 391. The van der Waals surface area contributed by atoms with Gasteiger partial charge in [-0.2, -0.15) is 0 Å². The van der Waals surface area contributed by atoms with E-state index in [2.05, 4.69) is 67.5 Å². The van der Waals surface area contributed by atoms with Gasteiger partial charge in [0.25, 0.3) is 0 Å². The molecule has 0 radical (unpaired) electrons. The number of amides is 1. The number of carbonyl (C=O) groups is 1. The third-order valence-corrected chi connectivity index (χ3v) is 21.5. The molecule has 0 aromatic heterocycles. The predicted molar refractivity (Wildman–Crippen MR) is 122 cm³/mol. The molecule has 27 heavy (non-hydrogen) atoms. The van der Waals surface area contributed by atoms with Gasteiger partial charge >= 0.3 is 174 Å². The van der Waals surface area contributed by atoms with Gasteiger partial charge in [0.15, 0.2) is 0 Å². The van der Waals surface area contributed by atoms with Gasteiger partial charge in [0.05, 0.1) is 0 Å². The van der Waals surface area contributed by atoms with Crippen molar-refractivity contribution in [2.45, 2.75) is 123 Å². The fraction of sp³-hybridized carbons (Fsp3) is 0.870. The molecule has 0 fully saturated rings. The summed E-state index contributed by atoms with van der Waals surface area (Å²) in [5, 5.41) is 0. The number of hydrogen-bond donors (Lipinski definition) is 0. The Morgan fingerprint density at radius 2 is 1.30 bits per heavy atom. The molecule has 0 bridgehead atoms.